The standard InChI is InChI=1S/C22H21F3N4O2/c1-31-19-7-14(6-18(9-19)22(23,24)25)11-29-12-20(27-13-29)28-21(30)16-2-3-17-10-26-5-4-15(17)8-16/h2-3,6-9,12-13,26H,4-5,10-11H2,1H3,(H,28,30). The molecule has 1 aliphatic heterocycles. The number of rotatable bonds is 5. The first kappa shape index (κ1) is 20.9. The third-order valence-electron chi connectivity index (χ3n) is 5.12. The summed E-state index contributed by atoms with van der Waals surface area (Å²) in [6.45, 7) is 1.82. The fraction of sp³-hybridized carbons (Fsp3) is 0.273. The molecule has 2 aromatic carbocycles. The number of amides is 1. The molecule has 0 saturated carbocycles. The number of halogens is 3. The number of methoxy groups -OCH3 is 1. The van der Waals surface area contributed by atoms with Crippen molar-refractivity contribution in [1.29, 1.82) is 0 Å². The van der Waals surface area contributed by atoms with Gasteiger partial charge in [-0.25, -0.2) is 4.98 Å². The Hall–Kier alpha value is -3.33. The normalized spacial score (nSPS) is 13.5. The van der Waals surface area contributed by atoms with Gasteiger partial charge in [0.2, 0.25) is 0 Å². The van der Waals surface area contributed by atoms with Gasteiger partial charge in [0.25, 0.3) is 5.91 Å². The van der Waals surface area contributed by atoms with Crippen molar-refractivity contribution in [1.82, 2.24) is 14.9 Å². The van der Waals surface area contributed by atoms with Crippen molar-refractivity contribution in [3.63, 3.8) is 0 Å². The zero-order valence-electron chi connectivity index (χ0n) is 16.8. The average molecular weight is 430 g/mol. The molecule has 0 saturated heterocycles. The fourth-order valence-electron chi connectivity index (χ4n) is 3.56. The summed E-state index contributed by atoms with van der Waals surface area (Å²) >= 11 is 0. The minimum Gasteiger partial charge on any atom is -0.497 e. The molecule has 1 amide bonds. The summed E-state index contributed by atoms with van der Waals surface area (Å²) in [5, 5.41) is 6.03. The summed E-state index contributed by atoms with van der Waals surface area (Å²) in [7, 11) is 1.32. The molecule has 0 aliphatic carbocycles. The lowest BCUT2D eigenvalue weighted by Crippen LogP contribution is -2.24. The third kappa shape index (κ3) is 4.88. The number of hydrogen-bond acceptors (Lipinski definition) is 4. The van der Waals surface area contributed by atoms with Gasteiger partial charge < -0.3 is 19.9 Å². The molecule has 0 radical (unpaired) electrons. The molecule has 9 heteroatoms. The number of benzene rings is 2. The maximum absolute atomic E-state index is 13.1. The second-order valence-electron chi connectivity index (χ2n) is 7.36. The first-order valence-corrected chi connectivity index (χ1v) is 9.72. The van der Waals surface area contributed by atoms with Crippen molar-refractivity contribution in [2.75, 3.05) is 19.0 Å². The second-order valence-corrected chi connectivity index (χ2v) is 7.36. The Morgan fingerprint density at radius 2 is 2.06 bits per heavy atom. The SMILES string of the molecule is COc1cc(Cn2cnc(NC(=O)c3ccc4c(c3)CCNC4)c2)cc(C(F)(F)F)c1. The minimum absolute atomic E-state index is 0.126. The van der Waals surface area contributed by atoms with E-state index in [1.165, 1.54) is 25.1 Å². The largest absolute Gasteiger partial charge is 0.497 e. The zero-order chi connectivity index (χ0) is 22.0. The molecule has 2 heterocycles. The van der Waals surface area contributed by atoms with Crippen molar-refractivity contribution in [2.45, 2.75) is 25.7 Å². The molecular formula is C22H21F3N4O2. The predicted molar refractivity (Wildman–Crippen MR) is 109 cm³/mol. The Labute approximate surface area is 177 Å². The molecule has 0 atom stereocenters. The number of carbonyl (C=O) groups is 1. The Balaban J connectivity index is 1.47. The molecule has 6 nitrogen and oxygen atoms in total. The van der Waals surface area contributed by atoms with E-state index in [1.54, 1.807) is 16.8 Å². The summed E-state index contributed by atoms with van der Waals surface area (Å²) in [4.78, 5) is 16.7. The summed E-state index contributed by atoms with van der Waals surface area (Å²) < 4.78 is 45.9. The molecule has 4 rings (SSSR count). The van der Waals surface area contributed by atoms with Gasteiger partial charge in [-0.1, -0.05) is 6.07 Å². The van der Waals surface area contributed by atoms with Gasteiger partial charge in [-0.05, 0) is 60.0 Å². The first-order valence-electron chi connectivity index (χ1n) is 9.72. The van der Waals surface area contributed by atoms with Crippen LogP contribution in [-0.2, 0) is 25.7 Å². The van der Waals surface area contributed by atoms with Crippen molar-refractivity contribution >= 4 is 11.7 Å². The maximum Gasteiger partial charge on any atom is 0.416 e. The van der Waals surface area contributed by atoms with Crippen LogP contribution in [0.25, 0.3) is 0 Å². The van der Waals surface area contributed by atoms with Gasteiger partial charge in [-0.2, -0.15) is 13.2 Å². The lowest BCUT2D eigenvalue weighted by atomic mass is 9.98. The molecule has 3 aromatic rings. The van der Waals surface area contributed by atoms with E-state index in [0.29, 0.717) is 16.9 Å². The number of ether oxygens (including phenoxy) is 1. The molecule has 2 N–H and O–H groups in total. The molecule has 1 aliphatic rings. The van der Waals surface area contributed by atoms with Crippen LogP contribution in [0, 0.1) is 0 Å². The number of imidazole rings is 1. The van der Waals surface area contributed by atoms with Crippen molar-refractivity contribution in [3.8, 4) is 5.75 Å². The van der Waals surface area contributed by atoms with Crippen LogP contribution < -0.4 is 15.4 Å². The Kier molecular flexibility index (Phi) is 5.69. The van der Waals surface area contributed by atoms with E-state index in [4.69, 9.17) is 4.74 Å². The van der Waals surface area contributed by atoms with Gasteiger partial charge in [0, 0.05) is 24.8 Å². The smallest absolute Gasteiger partial charge is 0.416 e. The van der Waals surface area contributed by atoms with E-state index in [9.17, 15) is 18.0 Å². The van der Waals surface area contributed by atoms with Crippen molar-refractivity contribution in [2.24, 2.45) is 0 Å². The number of nitrogens with one attached hydrogen (secondary N) is 2. The number of fused-ring (bicyclic) bond motifs is 1. The van der Waals surface area contributed by atoms with Gasteiger partial charge >= 0.3 is 6.18 Å². The molecule has 0 unspecified atom stereocenters. The van der Waals surface area contributed by atoms with Gasteiger partial charge in [0.05, 0.1) is 19.0 Å². The van der Waals surface area contributed by atoms with Crippen LogP contribution in [0.2, 0.25) is 0 Å². The molecule has 0 bridgehead atoms. The molecular weight excluding hydrogens is 409 g/mol. The van der Waals surface area contributed by atoms with Gasteiger partial charge in [-0.3, -0.25) is 4.79 Å². The van der Waals surface area contributed by atoms with Gasteiger partial charge in [0.1, 0.15) is 5.75 Å². The molecule has 162 valence electrons. The average Bonchev–Trinajstić information content (AvgIpc) is 3.19. The highest BCUT2D eigenvalue weighted by Crippen LogP contribution is 2.33. The van der Waals surface area contributed by atoms with Gasteiger partial charge in [-0.15, -0.1) is 0 Å². The Morgan fingerprint density at radius 1 is 1.23 bits per heavy atom. The summed E-state index contributed by atoms with van der Waals surface area (Å²) in [5.41, 5.74) is 2.50. The Bertz CT molecular complexity index is 1110. The molecule has 31 heavy (non-hydrogen) atoms. The monoisotopic (exact) mass is 430 g/mol. The van der Waals surface area contributed by atoms with E-state index in [-0.39, 0.29) is 18.2 Å². The van der Waals surface area contributed by atoms with Gasteiger partial charge in [0.15, 0.2) is 5.82 Å². The second kappa shape index (κ2) is 8.43. The number of anilines is 1. The zero-order valence-corrected chi connectivity index (χ0v) is 16.8. The highest BCUT2D eigenvalue weighted by molar-refractivity contribution is 6.03. The van der Waals surface area contributed by atoms with E-state index in [0.717, 1.165) is 37.2 Å². The quantitative estimate of drug-likeness (QED) is 0.645. The number of alkyl halides is 3. The Morgan fingerprint density at radius 3 is 2.84 bits per heavy atom. The molecule has 0 fully saturated rings. The maximum atomic E-state index is 13.1. The van der Waals surface area contributed by atoms with Crippen LogP contribution in [0.4, 0.5) is 19.0 Å². The van der Waals surface area contributed by atoms with E-state index < -0.39 is 11.7 Å². The lowest BCUT2D eigenvalue weighted by molar-refractivity contribution is -0.137. The van der Waals surface area contributed by atoms with Crippen LogP contribution in [0.15, 0.2) is 48.9 Å². The van der Waals surface area contributed by atoms with Crippen LogP contribution in [0.1, 0.15) is 32.6 Å². The summed E-state index contributed by atoms with van der Waals surface area (Å²) in [6, 6.07) is 9.16. The summed E-state index contributed by atoms with van der Waals surface area (Å²) in [5.74, 6) is 0.164. The number of aromatic nitrogens is 2. The van der Waals surface area contributed by atoms with Crippen molar-refractivity contribution < 1.29 is 22.7 Å². The van der Waals surface area contributed by atoms with Crippen LogP contribution in [-0.4, -0.2) is 29.1 Å². The highest BCUT2D eigenvalue weighted by Gasteiger charge is 2.31. The van der Waals surface area contributed by atoms with Crippen LogP contribution in [0.5, 0.6) is 5.75 Å². The highest BCUT2D eigenvalue weighted by atomic mass is 19.4. The van der Waals surface area contributed by atoms with Crippen LogP contribution >= 0.6 is 0 Å². The fourth-order valence-corrected chi connectivity index (χ4v) is 3.56. The number of hydrogen-bond donors (Lipinski definition) is 2. The predicted octanol–water partition coefficient (Wildman–Crippen LogP) is 3.86. The summed E-state index contributed by atoms with van der Waals surface area (Å²) in [6.07, 6.45) is -0.568. The molecule has 0 spiro atoms. The molecule has 1 aromatic heterocycles. The number of nitrogens with zero attached hydrogens (tertiary/aromatic N) is 2. The topological polar surface area (TPSA) is 68.2 Å². The van der Waals surface area contributed by atoms with Crippen LogP contribution in [0.3, 0.4) is 0 Å². The first-order chi connectivity index (χ1) is 14.8. The minimum atomic E-state index is -4.47. The number of carbonyl (C=O) groups excluding carboxylic acids is 1. The lowest BCUT2D eigenvalue weighted by Gasteiger charge is -2.17. The van der Waals surface area contributed by atoms with Crippen molar-refractivity contribution in [3.05, 3.63) is 76.7 Å². The third-order valence-corrected chi connectivity index (χ3v) is 5.12. The van der Waals surface area contributed by atoms with E-state index >= 15 is 0 Å². The van der Waals surface area contributed by atoms with E-state index in [2.05, 4.69) is 15.6 Å². The van der Waals surface area contributed by atoms with E-state index in [1.807, 2.05) is 12.1 Å².